The summed E-state index contributed by atoms with van der Waals surface area (Å²) in [6.45, 7) is 0. The second kappa shape index (κ2) is 7.40. The van der Waals surface area contributed by atoms with Crippen LogP contribution in [0.5, 0.6) is 0 Å². The van der Waals surface area contributed by atoms with Gasteiger partial charge in [0, 0.05) is 17.4 Å². The molecule has 1 aromatic heterocycles. The van der Waals surface area contributed by atoms with E-state index in [0.29, 0.717) is 0 Å². The minimum absolute atomic E-state index is 0.259. The molecule has 1 unspecified atom stereocenters. The van der Waals surface area contributed by atoms with Crippen LogP contribution in [0.3, 0.4) is 0 Å². The highest BCUT2D eigenvalue weighted by atomic mass is 32.1. The number of aliphatic carboxylic acids is 1. The average Bonchev–Trinajstić information content (AvgIpc) is 2.99. The number of amides is 1. The molecule has 1 heterocycles. The summed E-state index contributed by atoms with van der Waals surface area (Å²) in [6, 6.07) is 12.0. The minimum Gasteiger partial charge on any atom is -0.480 e. The summed E-state index contributed by atoms with van der Waals surface area (Å²) in [7, 11) is 0. The van der Waals surface area contributed by atoms with Gasteiger partial charge in [-0.15, -0.1) is 11.3 Å². The normalized spacial score (nSPS) is 12.2. The van der Waals surface area contributed by atoms with Gasteiger partial charge in [0.15, 0.2) is 0 Å². The van der Waals surface area contributed by atoms with Gasteiger partial charge in [-0.25, -0.2) is 4.79 Å². The van der Waals surface area contributed by atoms with E-state index >= 15 is 0 Å². The SMILES string of the molecule is O=C(C=Cc1cccs1)NC(Cc1ccccc1)C(=O)O. The van der Waals surface area contributed by atoms with E-state index in [4.69, 9.17) is 0 Å². The molecule has 0 aliphatic heterocycles. The largest absolute Gasteiger partial charge is 0.480 e. The molecule has 0 saturated carbocycles. The van der Waals surface area contributed by atoms with E-state index in [1.807, 2.05) is 47.8 Å². The van der Waals surface area contributed by atoms with Crippen LogP contribution in [0.4, 0.5) is 0 Å². The van der Waals surface area contributed by atoms with E-state index in [0.717, 1.165) is 10.4 Å². The first-order chi connectivity index (χ1) is 10.1. The van der Waals surface area contributed by atoms with Crippen molar-refractivity contribution in [2.45, 2.75) is 12.5 Å². The van der Waals surface area contributed by atoms with Gasteiger partial charge in [-0.1, -0.05) is 36.4 Å². The fraction of sp³-hybridized carbons (Fsp3) is 0.125. The van der Waals surface area contributed by atoms with Crippen LogP contribution in [0, 0.1) is 0 Å². The number of carboxylic acid groups (broad SMARTS) is 1. The first-order valence-electron chi connectivity index (χ1n) is 6.44. The molecule has 0 bridgehead atoms. The van der Waals surface area contributed by atoms with Crippen LogP contribution in [-0.2, 0) is 16.0 Å². The third-order valence-corrected chi connectivity index (χ3v) is 3.68. The van der Waals surface area contributed by atoms with Gasteiger partial charge in [0.2, 0.25) is 5.91 Å². The molecule has 108 valence electrons. The lowest BCUT2D eigenvalue weighted by atomic mass is 10.1. The summed E-state index contributed by atoms with van der Waals surface area (Å²) in [4.78, 5) is 24.0. The van der Waals surface area contributed by atoms with Crippen molar-refractivity contribution in [3.63, 3.8) is 0 Å². The number of carbonyl (C=O) groups excluding carboxylic acids is 1. The number of nitrogens with one attached hydrogen (secondary N) is 1. The fourth-order valence-electron chi connectivity index (χ4n) is 1.81. The Hall–Kier alpha value is -2.40. The van der Waals surface area contributed by atoms with Gasteiger partial charge >= 0.3 is 5.97 Å². The zero-order valence-electron chi connectivity index (χ0n) is 11.2. The van der Waals surface area contributed by atoms with Gasteiger partial charge < -0.3 is 10.4 Å². The van der Waals surface area contributed by atoms with Crippen molar-refractivity contribution in [3.05, 3.63) is 64.4 Å². The molecular weight excluding hydrogens is 286 g/mol. The predicted molar refractivity (Wildman–Crippen MR) is 83.1 cm³/mol. The van der Waals surface area contributed by atoms with Crippen molar-refractivity contribution in [2.75, 3.05) is 0 Å². The Morgan fingerprint density at radius 2 is 1.95 bits per heavy atom. The van der Waals surface area contributed by atoms with Gasteiger partial charge in [0.05, 0.1) is 0 Å². The molecule has 1 amide bonds. The molecule has 21 heavy (non-hydrogen) atoms. The van der Waals surface area contributed by atoms with Crippen molar-refractivity contribution < 1.29 is 14.7 Å². The minimum atomic E-state index is -1.04. The first-order valence-corrected chi connectivity index (χ1v) is 7.32. The Morgan fingerprint density at radius 3 is 2.57 bits per heavy atom. The second-order valence-corrected chi connectivity index (χ2v) is 5.42. The number of rotatable bonds is 6. The lowest BCUT2D eigenvalue weighted by molar-refractivity contribution is -0.141. The van der Waals surface area contributed by atoms with Crippen LogP contribution >= 0.6 is 11.3 Å². The van der Waals surface area contributed by atoms with Crippen molar-refractivity contribution in [3.8, 4) is 0 Å². The topological polar surface area (TPSA) is 66.4 Å². The molecule has 1 atom stereocenters. The monoisotopic (exact) mass is 301 g/mol. The third-order valence-electron chi connectivity index (χ3n) is 2.84. The number of hydrogen-bond acceptors (Lipinski definition) is 3. The van der Waals surface area contributed by atoms with E-state index in [2.05, 4.69) is 5.32 Å². The maximum atomic E-state index is 11.8. The van der Waals surface area contributed by atoms with Crippen LogP contribution in [0.2, 0.25) is 0 Å². The highest BCUT2D eigenvalue weighted by Gasteiger charge is 2.19. The van der Waals surface area contributed by atoms with Crippen LogP contribution in [0.1, 0.15) is 10.4 Å². The van der Waals surface area contributed by atoms with Gasteiger partial charge in [-0.05, 0) is 23.1 Å². The van der Waals surface area contributed by atoms with Gasteiger partial charge in [0.1, 0.15) is 6.04 Å². The van der Waals surface area contributed by atoms with E-state index in [1.165, 1.54) is 17.4 Å². The summed E-state index contributed by atoms with van der Waals surface area (Å²) in [5.74, 6) is -1.46. The Labute approximate surface area is 126 Å². The number of carboxylic acids is 1. The van der Waals surface area contributed by atoms with E-state index in [-0.39, 0.29) is 6.42 Å². The van der Waals surface area contributed by atoms with Crippen molar-refractivity contribution in [1.29, 1.82) is 0 Å². The van der Waals surface area contributed by atoms with Gasteiger partial charge in [-0.2, -0.15) is 0 Å². The van der Waals surface area contributed by atoms with Crippen molar-refractivity contribution in [1.82, 2.24) is 5.32 Å². The summed E-state index contributed by atoms with van der Waals surface area (Å²) in [5, 5.41) is 13.6. The molecule has 0 aliphatic rings. The van der Waals surface area contributed by atoms with Gasteiger partial charge in [-0.3, -0.25) is 4.79 Å². The highest BCUT2D eigenvalue weighted by molar-refractivity contribution is 7.10. The molecule has 0 saturated heterocycles. The molecule has 2 rings (SSSR count). The fourth-order valence-corrected chi connectivity index (χ4v) is 2.43. The summed E-state index contributed by atoms with van der Waals surface area (Å²) in [5.41, 5.74) is 0.868. The third kappa shape index (κ3) is 4.89. The smallest absolute Gasteiger partial charge is 0.326 e. The summed E-state index contributed by atoms with van der Waals surface area (Å²) in [6.07, 6.45) is 3.28. The lowest BCUT2D eigenvalue weighted by Gasteiger charge is -2.13. The molecule has 1 aromatic carbocycles. The molecule has 5 heteroatoms. The quantitative estimate of drug-likeness (QED) is 0.806. The molecule has 0 radical (unpaired) electrons. The van der Waals surface area contributed by atoms with Crippen LogP contribution in [-0.4, -0.2) is 23.0 Å². The molecule has 0 spiro atoms. The van der Waals surface area contributed by atoms with Crippen molar-refractivity contribution >= 4 is 29.3 Å². The maximum Gasteiger partial charge on any atom is 0.326 e. The molecule has 0 fully saturated rings. The number of hydrogen-bond donors (Lipinski definition) is 2. The highest BCUT2D eigenvalue weighted by Crippen LogP contribution is 2.10. The number of benzene rings is 1. The number of thiophene rings is 1. The molecule has 4 nitrogen and oxygen atoms in total. The summed E-state index contributed by atoms with van der Waals surface area (Å²) >= 11 is 1.51. The van der Waals surface area contributed by atoms with E-state index in [1.54, 1.807) is 6.08 Å². The van der Waals surface area contributed by atoms with E-state index in [9.17, 15) is 14.7 Å². The molecule has 2 aromatic rings. The Bertz CT molecular complexity index is 620. The first kappa shape index (κ1) is 15.0. The van der Waals surface area contributed by atoms with Crippen LogP contribution < -0.4 is 5.32 Å². The molecular formula is C16H15NO3S. The van der Waals surface area contributed by atoms with Crippen LogP contribution in [0.15, 0.2) is 53.9 Å². The zero-order valence-corrected chi connectivity index (χ0v) is 12.0. The average molecular weight is 301 g/mol. The maximum absolute atomic E-state index is 11.8. The zero-order chi connectivity index (χ0) is 15.1. The molecule has 2 N–H and O–H groups in total. The van der Waals surface area contributed by atoms with Crippen molar-refractivity contribution in [2.24, 2.45) is 0 Å². The number of carbonyl (C=O) groups is 2. The Morgan fingerprint density at radius 1 is 1.19 bits per heavy atom. The van der Waals surface area contributed by atoms with Crippen LogP contribution in [0.25, 0.3) is 6.08 Å². The summed E-state index contributed by atoms with van der Waals surface area (Å²) < 4.78 is 0. The second-order valence-electron chi connectivity index (χ2n) is 4.44. The predicted octanol–water partition coefficient (Wildman–Crippen LogP) is 2.57. The Balaban J connectivity index is 1.96. The molecule has 0 aliphatic carbocycles. The van der Waals surface area contributed by atoms with E-state index < -0.39 is 17.9 Å². The standard InChI is InChI=1S/C16H15NO3S/c18-15(9-8-13-7-4-10-21-13)17-14(16(19)20)11-12-5-2-1-3-6-12/h1-10,14H,11H2,(H,17,18)(H,19,20). The Kier molecular flexibility index (Phi) is 5.29. The van der Waals surface area contributed by atoms with Gasteiger partial charge in [0.25, 0.3) is 0 Å². The lowest BCUT2D eigenvalue weighted by Crippen LogP contribution is -2.41.